The van der Waals surface area contributed by atoms with Gasteiger partial charge in [-0.2, -0.15) is 0 Å². The third-order valence-corrected chi connectivity index (χ3v) is 4.09. The number of rotatable bonds is 4. The van der Waals surface area contributed by atoms with Crippen molar-refractivity contribution in [1.29, 1.82) is 0 Å². The second-order valence-corrected chi connectivity index (χ2v) is 5.54. The van der Waals surface area contributed by atoms with Crippen LogP contribution in [-0.4, -0.2) is 26.1 Å². The molecule has 1 aliphatic carbocycles. The van der Waals surface area contributed by atoms with Crippen molar-refractivity contribution >= 4 is 5.82 Å². The summed E-state index contributed by atoms with van der Waals surface area (Å²) in [5.41, 5.74) is 3.66. The summed E-state index contributed by atoms with van der Waals surface area (Å²) in [6.07, 6.45) is 7.44. The third kappa shape index (κ3) is 2.52. The Morgan fingerprint density at radius 1 is 1.19 bits per heavy atom. The number of imidazole rings is 1. The van der Waals surface area contributed by atoms with Crippen molar-refractivity contribution in [2.75, 3.05) is 11.9 Å². The number of aryl methyl sites for hydroxylation is 2. The van der Waals surface area contributed by atoms with Gasteiger partial charge in [-0.25, -0.2) is 15.0 Å². The van der Waals surface area contributed by atoms with Gasteiger partial charge in [0.2, 0.25) is 0 Å². The highest BCUT2D eigenvalue weighted by molar-refractivity contribution is 5.52. The van der Waals surface area contributed by atoms with E-state index < -0.39 is 0 Å². The molecule has 0 spiro atoms. The fourth-order valence-corrected chi connectivity index (χ4v) is 2.93. The second-order valence-electron chi connectivity index (χ2n) is 5.54. The molecule has 112 valence electrons. The molecular weight excluding hydrogens is 262 g/mol. The lowest BCUT2D eigenvalue weighted by atomic mass is 10.0. The Bertz CT molecular complexity index is 644. The van der Waals surface area contributed by atoms with Gasteiger partial charge in [-0.3, -0.25) is 4.57 Å². The summed E-state index contributed by atoms with van der Waals surface area (Å²) >= 11 is 0. The van der Waals surface area contributed by atoms with E-state index in [1.54, 1.807) is 0 Å². The highest BCUT2D eigenvalue weighted by Crippen LogP contribution is 2.26. The number of hydrogen-bond donors (Lipinski definition) is 1. The molecule has 0 bridgehead atoms. The summed E-state index contributed by atoms with van der Waals surface area (Å²) in [6, 6.07) is 0. The van der Waals surface area contributed by atoms with Gasteiger partial charge in [-0.05, 0) is 39.5 Å². The van der Waals surface area contributed by atoms with E-state index in [1.165, 1.54) is 24.2 Å². The van der Waals surface area contributed by atoms with Crippen LogP contribution >= 0.6 is 0 Å². The van der Waals surface area contributed by atoms with Crippen LogP contribution in [0.4, 0.5) is 5.82 Å². The molecular formula is C16H23N5. The van der Waals surface area contributed by atoms with Crippen LogP contribution in [-0.2, 0) is 19.3 Å². The quantitative estimate of drug-likeness (QED) is 0.938. The van der Waals surface area contributed by atoms with Crippen molar-refractivity contribution in [2.24, 2.45) is 0 Å². The minimum Gasteiger partial charge on any atom is -0.370 e. The van der Waals surface area contributed by atoms with E-state index >= 15 is 0 Å². The molecule has 0 aromatic carbocycles. The zero-order chi connectivity index (χ0) is 14.8. The first-order valence-electron chi connectivity index (χ1n) is 7.91. The van der Waals surface area contributed by atoms with Crippen LogP contribution in [0.2, 0.25) is 0 Å². The summed E-state index contributed by atoms with van der Waals surface area (Å²) in [4.78, 5) is 14.0. The van der Waals surface area contributed by atoms with Crippen LogP contribution in [0.15, 0.2) is 6.33 Å². The average molecular weight is 285 g/mol. The largest absolute Gasteiger partial charge is 0.370 e. The molecule has 0 radical (unpaired) electrons. The number of hydrogen-bond acceptors (Lipinski definition) is 4. The highest BCUT2D eigenvalue weighted by atomic mass is 15.2. The summed E-state index contributed by atoms with van der Waals surface area (Å²) in [7, 11) is 0. The minimum atomic E-state index is 0.836. The molecule has 1 N–H and O–H groups in total. The third-order valence-electron chi connectivity index (χ3n) is 4.09. The highest BCUT2D eigenvalue weighted by Gasteiger charge is 2.19. The Morgan fingerprint density at radius 2 is 2.00 bits per heavy atom. The topological polar surface area (TPSA) is 55.6 Å². The summed E-state index contributed by atoms with van der Waals surface area (Å²) in [5.74, 6) is 2.80. The van der Waals surface area contributed by atoms with Gasteiger partial charge < -0.3 is 5.32 Å². The lowest BCUT2D eigenvalue weighted by Crippen LogP contribution is -2.13. The Labute approximate surface area is 125 Å². The van der Waals surface area contributed by atoms with Crippen molar-refractivity contribution in [2.45, 2.75) is 52.9 Å². The Hall–Kier alpha value is -1.91. The van der Waals surface area contributed by atoms with Crippen molar-refractivity contribution in [3.05, 3.63) is 29.1 Å². The Balaban J connectivity index is 2.13. The van der Waals surface area contributed by atoms with E-state index in [2.05, 4.69) is 40.6 Å². The Morgan fingerprint density at radius 3 is 2.76 bits per heavy atom. The van der Waals surface area contributed by atoms with Crippen LogP contribution in [0.3, 0.4) is 0 Å². The van der Waals surface area contributed by atoms with Gasteiger partial charge in [-0.15, -0.1) is 0 Å². The molecule has 0 amide bonds. The fourth-order valence-electron chi connectivity index (χ4n) is 2.93. The normalized spacial score (nSPS) is 14.0. The van der Waals surface area contributed by atoms with E-state index in [-0.39, 0.29) is 0 Å². The number of nitrogens with one attached hydrogen (secondary N) is 1. The van der Waals surface area contributed by atoms with Gasteiger partial charge in [0.25, 0.3) is 0 Å². The molecule has 2 aromatic rings. The predicted octanol–water partition coefficient (Wildman–Crippen LogP) is 2.84. The molecule has 3 rings (SSSR count). The summed E-state index contributed by atoms with van der Waals surface area (Å²) < 4.78 is 2.17. The molecule has 0 atom stereocenters. The van der Waals surface area contributed by atoms with Crippen LogP contribution < -0.4 is 5.32 Å². The summed E-state index contributed by atoms with van der Waals surface area (Å²) in [5, 5.41) is 3.35. The monoisotopic (exact) mass is 285 g/mol. The molecule has 2 heterocycles. The van der Waals surface area contributed by atoms with Crippen LogP contribution in [0, 0.1) is 6.92 Å². The lowest BCUT2D eigenvalue weighted by Gasteiger charge is -2.17. The molecule has 21 heavy (non-hydrogen) atoms. The van der Waals surface area contributed by atoms with Gasteiger partial charge >= 0.3 is 0 Å². The smallest absolute Gasteiger partial charge is 0.146 e. The fraction of sp³-hybridized carbons (Fsp3) is 0.562. The molecule has 5 heteroatoms. The van der Waals surface area contributed by atoms with E-state index in [1.807, 2.05) is 6.33 Å². The predicted molar refractivity (Wildman–Crippen MR) is 84.1 cm³/mol. The van der Waals surface area contributed by atoms with Gasteiger partial charge in [0.15, 0.2) is 0 Å². The van der Waals surface area contributed by atoms with Crippen molar-refractivity contribution in [1.82, 2.24) is 19.5 Å². The van der Waals surface area contributed by atoms with E-state index in [9.17, 15) is 0 Å². The first-order chi connectivity index (χ1) is 10.2. The molecule has 0 saturated heterocycles. The van der Waals surface area contributed by atoms with E-state index in [0.29, 0.717) is 0 Å². The van der Waals surface area contributed by atoms with E-state index in [0.717, 1.165) is 48.8 Å². The van der Waals surface area contributed by atoms with Gasteiger partial charge in [0.05, 0.1) is 5.69 Å². The zero-order valence-electron chi connectivity index (χ0n) is 13.1. The average Bonchev–Trinajstić information content (AvgIpc) is 2.93. The summed E-state index contributed by atoms with van der Waals surface area (Å²) in [6.45, 7) is 7.13. The molecule has 0 saturated carbocycles. The maximum atomic E-state index is 4.76. The minimum absolute atomic E-state index is 0.836. The molecule has 5 nitrogen and oxygen atoms in total. The molecule has 0 fully saturated rings. The number of aromatic nitrogens is 4. The van der Waals surface area contributed by atoms with Crippen molar-refractivity contribution in [3.63, 3.8) is 0 Å². The van der Waals surface area contributed by atoms with Crippen molar-refractivity contribution < 1.29 is 0 Å². The zero-order valence-corrected chi connectivity index (χ0v) is 13.1. The van der Waals surface area contributed by atoms with E-state index in [4.69, 9.17) is 4.98 Å². The maximum absolute atomic E-state index is 4.76. The number of anilines is 1. The van der Waals surface area contributed by atoms with Gasteiger partial charge in [-0.1, -0.05) is 6.92 Å². The van der Waals surface area contributed by atoms with Crippen molar-refractivity contribution in [3.8, 4) is 5.82 Å². The molecule has 1 aliphatic rings. The lowest BCUT2D eigenvalue weighted by molar-refractivity contribution is 0.652. The van der Waals surface area contributed by atoms with Gasteiger partial charge in [0, 0.05) is 24.2 Å². The van der Waals surface area contributed by atoms with Gasteiger partial charge in [0.1, 0.15) is 23.8 Å². The van der Waals surface area contributed by atoms with Crippen LogP contribution in [0.25, 0.3) is 5.82 Å². The Kier molecular flexibility index (Phi) is 3.90. The first-order valence-corrected chi connectivity index (χ1v) is 7.91. The van der Waals surface area contributed by atoms with Crippen LogP contribution in [0.1, 0.15) is 49.5 Å². The SMILES string of the molecule is CCNc1nc(CC)nc(-n2cnc3c2CCCC3)c1C. The maximum Gasteiger partial charge on any atom is 0.146 e. The number of nitrogens with zero attached hydrogens (tertiary/aromatic N) is 4. The standard InChI is InChI=1S/C16H23N5/c1-4-14-19-15(17-5-2)11(3)16(20-14)21-10-18-12-8-6-7-9-13(12)21/h10H,4-9H2,1-3H3,(H,17,19,20). The second kappa shape index (κ2) is 5.84. The first kappa shape index (κ1) is 14.0. The molecule has 0 aliphatic heterocycles. The number of fused-ring (bicyclic) bond motifs is 1. The molecule has 2 aromatic heterocycles. The van der Waals surface area contributed by atoms with Crippen LogP contribution in [0.5, 0.6) is 0 Å². The molecule has 0 unspecified atom stereocenters.